The molecule has 0 unspecified atom stereocenters. The zero-order valence-corrected chi connectivity index (χ0v) is 6.73. The second-order valence-electron chi connectivity index (χ2n) is 2.18. The van der Waals surface area contributed by atoms with Crippen LogP contribution in [-0.4, -0.2) is 0 Å². The van der Waals surface area contributed by atoms with Crippen molar-refractivity contribution >= 4 is 0 Å². The summed E-state index contributed by atoms with van der Waals surface area (Å²) in [6.45, 7) is 3.91. The van der Waals surface area contributed by atoms with Gasteiger partial charge >= 0.3 is 0 Å². The molecule has 0 atom stereocenters. The van der Waals surface area contributed by atoms with E-state index < -0.39 is 0 Å². The van der Waals surface area contributed by atoms with Crippen LogP contribution >= 0.6 is 0 Å². The molecule has 0 aliphatic carbocycles. The molecule has 0 N–H and O–H groups in total. The summed E-state index contributed by atoms with van der Waals surface area (Å²) in [5.41, 5.74) is 0. The normalized spacial score (nSPS) is 12.9. The second-order valence-corrected chi connectivity index (χ2v) is 2.18. The highest BCUT2D eigenvalue weighted by Gasteiger charge is 1.82. The fraction of sp³-hybridized carbons (Fsp3) is 0.556. The average Bonchev–Trinajstić information content (AvgIpc) is 1.98. The van der Waals surface area contributed by atoms with E-state index in [4.69, 9.17) is 0 Å². The summed E-state index contributed by atoms with van der Waals surface area (Å²) in [5.74, 6) is -0.0487. The maximum absolute atomic E-state index is 12.4. The molecule has 0 heterocycles. The number of halogens is 1. The molecule has 1 heteroatoms. The summed E-state index contributed by atoms with van der Waals surface area (Å²) in [7, 11) is 0. The van der Waals surface area contributed by atoms with Crippen molar-refractivity contribution in [3.8, 4) is 0 Å². The highest BCUT2D eigenvalue weighted by atomic mass is 19.1. The standard InChI is InChI=1S/C9H15F/c1-3-5-6-7-8-9(10)4-2/h6-8H,3-5H2,1-2H3/b7-6-,9-8+. The van der Waals surface area contributed by atoms with Crippen LogP contribution in [0.25, 0.3) is 0 Å². The maximum Gasteiger partial charge on any atom is 0.0996 e. The summed E-state index contributed by atoms with van der Waals surface area (Å²) < 4.78 is 12.4. The smallest absolute Gasteiger partial charge is 0.0996 e. The van der Waals surface area contributed by atoms with Crippen molar-refractivity contribution in [2.45, 2.75) is 33.1 Å². The third kappa shape index (κ3) is 5.54. The van der Waals surface area contributed by atoms with E-state index in [0.717, 1.165) is 12.8 Å². The molecule has 0 rings (SSSR count). The van der Waals surface area contributed by atoms with Crippen molar-refractivity contribution in [2.24, 2.45) is 0 Å². The van der Waals surface area contributed by atoms with Gasteiger partial charge in [-0.2, -0.15) is 0 Å². The van der Waals surface area contributed by atoms with Gasteiger partial charge in [0.1, 0.15) is 0 Å². The van der Waals surface area contributed by atoms with Gasteiger partial charge in [-0.15, -0.1) is 0 Å². The number of allylic oxidation sites excluding steroid dienone is 4. The molecule has 0 spiro atoms. The molecule has 0 fully saturated rings. The van der Waals surface area contributed by atoms with Crippen molar-refractivity contribution in [1.29, 1.82) is 0 Å². The van der Waals surface area contributed by atoms with Crippen LogP contribution in [0.15, 0.2) is 24.1 Å². The van der Waals surface area contributed by atoms with E-state index in [-0.39, 0.29) is 5.83 Å². The van der Waals surface area contributed by atoms with E-state index in [1.807, 2.05) is 6.08 Å². The predicted octanol–water partition coefficient (Wildman–Crippen LogP) is 3.61. The summed E-state index contributed by atoms with van der Waals surface area (Å²) >= 11 is 0. The Kier molecular flexibility index (Phi) is 6.14. The van der Waals surface area contributed by atoms with Crippen molar-refractivity contribution < 1.29 is 4.39 Å². The first kappa shape index (κ1) is 9.41. The SMILES string of the molecule is CCC/C=C\C=C(\F)CC. The Morgan fingerprint density at radius 3 is 2.60 bits per heavy atom. The molecular weight excluding hydrogens is 127 g/mol. The van der Waals surface area contributed by atoms with Crippen LogP contribution in [0.4, 0.5) is 4.39 Å². The molecule has 0 bridgehead atoms. The zero-order valence-electron chi connectivity index (χ0n) is 6.73. The summed E-state index contributed by atoms with van der Waals surface area (Å²) in [4.78, 5) is 0. The highest BCUT2D eigenvalue weighted by Crippen LogP contribution is 2.01. The highest BCUT2D eigenvalue weighted by molar-refractivity contribution is 5.06. The van der Waals surface area contributed by atoms with Crippen LogP contribution in [0, 0.1) is 0 Å². The van der Waals surface area contributed by atoms with E-state index in [9.17, 15) is 4.39 Å². The fourth-order valence-electron chi connectivity index (χ4n) is 0.553. The Morgan fingerprint density at radius 1 is 1.40 bits per heavy atom. The van der Waals surface area contributed by atoms with Gasteiger partial charge in [-0.1, -0.05) is 32.4 Å². The molecule has 0 aliphatic rings. The topological polar surface area (TPSA) is 0 Å². The third-order valence-electron chi connectivity index (χ3n) is 1.21. The minimum atomic E-state index is -0.0487. The summed E-state index contributed by atoms with van der Waals surface area (Å²) in [6.07, 6.45) is 7.94. The average molecular weight is 142 g/mol. The molecule has 0 aromatic carbocycles. The lowest BCUT2D eigenvalue weighted by molar-refractivity contribution is 0.604. The van der Waals surface area contributed by atoms with E-state index in [1.165, 1.54) is 6.08 Å². The Bertz CT molecular complexity index is 123. The van der Waals surface area contributed by atoms with E-state index >= 15 is 0 Å². The van der Waals surface area contributed by atoms with Gasteiger partial charge in [0.15, 0.2) is 0 Å². The van der Waals surface area contributed by atoms with Gasteiger partial charge in [0, 0.05) is 0 Å². The molecule has 0 nitrogen and oxygen atoms in total. The van der Waals surface area contributed by atoms with E-state index in [1.54, 1.807) is 13.0 Å². The number of hydrogen-bond acceptors (Lipinski definition) is 0. The lowest BCUT2D eigenvalue weighted by atomic mass is 10.3. The molecule has 58 valence electrons. The fourth-order valence-corrected chi connectivity index (χ4v) is 0.553. The van der Waals surface area contributed by atoms with Crippen LogP contribution in [0.5, 0.6) is 0 Å². The zero-order chi connectivity index (χ0) is 7.82. The van der Waals surface area contributed by atoms with Gasteiger partial charge in [-0.05, 0) is 18.9 Å². The van der Waals surface area contributed by atoms with Crippen molar-refractivity contribution in [3.05, 3.63) is 24.1 Å². The van der Waals surface area contributed by atoms with Crippen LogP contribution in [-0.2, 0) is 0 Å². The maximum atomic E-state index is 12.4. The quantitative estimate of drug-likeness (QED) is 0.526. The second kappa shape index (κ2) is 6.53. The Balaban J connectivity index is 3.49. The molecule has 0 aromatic heterocycles. The van der Waals surface area contributed by atoms with Gasteiger partial charge in [-0.25, -0.2) is 4.39 Å². The Morgan fingerprint density at radius 2 is 2.10 bits per heavy atom. The van der Waals surface area contributed by atoms with Gasteiger partial charge < -0.3 is 0 Å². The molecule has 0 saturated heterocycles. The first-order chi connectivity index (χ1) is 4.81. The first-order valence-electron chi connectivity index (χ1n) is 3.82. The van der Waals surface area contributed by atoms with Gasteiger partial charge in [0.2, 0.25) is 0 Å². The molecular formula is C9H15F. The van der Waals surface area contributed by atoms with Crippen molar-refractivity contribution in [1.82, 2.24) is 0 Å². The van der Waals surface area contributed by atoms with E-state index in [2.05, 4.69) is 6.92 Å². The van der Waals surface area contributed by atoms with Gasteiger partial charge in [0.25, 0.3) is 0 Å². The van der Waals surface area contributed by atoms with Crippen molar-refractivity contribution in [2.75, 3.05) is 0 Å². The van der Waals surface area contributed by atoms with Crippen LogP contribution in [0.3, 0.4) is 0 Å². The van der Waals surface area contributed by atoms with Gasteiger partial charge in [-0.3, -0.25) is 0 Å². The Labute approximate surface area is 62.4 Å². The minimum Gasteiger partial charge on any atom is -0.212 e. The molecule has 0 saturated carbocycles. The van der Waals surface area contributed by atoms with Crippen LogP contribution in [0.1, 0.15) is 33.1 Å². The molecule has 0 amide bonds. The Hall–Kier alpha value is -0.590. The largest absolute Gasteiger partial charge is 0.212 e. The predicted molar refractivity (Wildman–Crippen MR) is 43.5 cm³/mol. The lowest BCUT2D eigenvalue weighted by Crippen LogP contribution is -1.65. The van der Waals surface area contributed by atoms with E-state index in [0.29, 0.717) is 6.42 Å². The van der Waals surface area contributed by atoms with Crippen LogP contribution < -0.4 is 0 Å². The minimum absolute atomic E-state index is 0.0487. The molecule has 10 heavy (non-hydrogen) atoms. The summed E-state index contributed by atoms with van der Waals surface area (Å²) in [6, 6.07) is 0. The monoisotopic (exact) mass is 142 g/mol. The number of hydrogen-bond donors (Lipinski definition) is 0. The van der Waals surface area contributed by atoms with Gasteiger partial charge in [0.05, 0.1) is 5.83 Å². The third-order valence-corrected chi connectivity index (χ3v) is 1.21. The molecule has 0 aliphatic heterocycles. The van der Waals surface area contributed by atoms with Crippen LogP contribution in [0.2, 0.25) is 0 Å². The molecule has 0 aromatic rings. The first-order valence-corrected chi connectivity index (χ1v) is 3.82. The number of unbranched alkanes of at least 4 members (excludes halogenated alkanes) is 1. The molecule has 0 radical (unpaired) electrons. The van der Waals surface area contributed by atoms with Crippen molar-refractivity contribution in [3.63, 3.8) is 0 Å². The number of rotatable bonds is 4. The summed E-state index contributed by atoms with van der Waals surface area (Å²) in [5, 5.41) is 0. The lowest BCUT2D eigenvalue weighted by Gasteiger charge is -1.84.